The van der Waals surface area contributed by atoms with E-state index in [4.69, 9.17) is 9.26 Å². The van der Waals surface area contributed by atoms with Crippen LogP contribution in [-0.2, 0) is 17.7 Å². The minimum atomic E-state index is -0.231. The first-order valence-electron chi connectivity index (χ1n) is 7.65. The van der Waals surface area contributed by atoms with Crippen LogP contribution in [-0.4, -0.2) is 34.7 Å². The molecule has 0 aliphatic carbocycles. The van der Waals surface area contributed by atoms with E-state index in [0.717, 1.165) is 37.3 Å². The number of aryl methyl sites for hydroxylation is 1. The normalized spacial score (nSPS) is 19.5. The van der Waals surface area contributed by atoms with Crippen LogP contribution in [0, 0.1) is 5.82 Å². The van der Waals surface area contributed by atoms with E-state index in [1.807, 2.05) is 0 Å². The quantitative estimate of drug-likeness (QED) is 0.850. The van der Waals surface area contributed by atoms with Crippen molar-refractivity contribution >= 4 is 0 Å². The molecule has 1 saturated heterocycles. The maximum Gasteiger partial charge on any atom is 0.240 e. The fourth-order valence-electron chi connectivity index (χ4n) is 2.60. The number of rotatable bonds is 5. The molecule has 118 valence electrons. The Labute approximate surface area is 129 Å². The number of ether oxygens (including phenoxy) is 1. The largest absolute Gasteiger partial charge is 0.371 e. The van der Waals surface area contributed by atoms with E-state index in [1.54, 1.807) is 12.1 Å². The first kappa shape index (κ1) is 15.1. The molecule has 1 aromatic carbocycles. The summed E-state index contributed by atoms with van der Waals surface area (Å²) in [5, 5.41) is 3.97. The Hall–Kier alpha value is -1.79. The summed E-state index contributed by atoms with van der Waals surface area (Å²) < 4.78 is 24.1. The smallest absolute Gasteiger partial charge is 0.240 e. The van der Waals surface area contributed by atoms with E-state index in [0.29, 0.717) is 19.0 Å². The summed E-state index contributed by atoms with van der Waals surface area (Å²) in [6.07, 6.45) is 1.79. The molecular formula is C16H20FN3O2. The Morgan fingerprint density at radius 2 is 2.14 bits per heavy atom. The molecule has 0 radical (unpaired) electrons. The monoisotopic (exact) mass is 305 g/mol. The van der Waals surface area contributed by atoms with Gasteiger partial charge >= 0.3 is 0 Å². The lowest BCUT2D eigenvalue weighted by atomic mass is 10.1. The summed E-state index contributed by atoms with van der Waals surface area (Å²) in [6.45, 7) is 4.90. The van der Waals surface area contributed by atoms with E-state index in [1.165, 1.54) is 12.1 Å². The zero-order valence-corrected chi connectivity index (χ0v) is 12.7. The van der Waals surface area contributed by atoms with Gasteiger partial charge in [-0.2, -0.15) is 4.98 Å². The number of morpholine rings is 1. The van der Waals surface area contributed by atoms with E-state index in [-0.39, 0.29) is 11.9 Å². The second-order valence-electron chi connectivity index (χ2n) is 5.50. The van der Waals surface area contributed by atoms with E-state index in [2.05, 4.69) is 22.0 Å². The summed E-state index contributed by atoms with van der Waals surface area (Å²) in [4.78, 5) is 6.62. The van der Waals surface area contributed by atoms with E-state index < -0.39 is 0 Å². The summed E-state index contributed by atoms with van der Waals surface area (Å²) in [5.74, 6) is 1.18. The lowest BCUT2D eigenvalue weighted by molar-refractivity contribution is -0.0356. The first-order chi connectivity index (χ1) is 10.7. The third-order valence-electron chi connectivity index (χ3n) is 3.73. The number of benzene rings is 1. The van der Waals surface area contributed by atoms with Crippen molar-refractivity contribution in [1.29, 1.82) is 0 Å². The van der Waals surface area contributed by atoms with Crippen LogP contribution >= 0.6 is 0 Å². The van der Waals surface area contributed by atoms with Crippen molar-refractivity contribution in [2.75, 3.05) is 19.7 Å². The molecule has 0 unspecified atom stereocenters. The van der Waals surface area contributed by atoms with Crippen LogP contribution < -0.4 is 0 Å². The summed E-state index contributed by atoms with van der Waals surface area (Å²) in [6, 6.07) is 6.48. The van der Waals surface area contributed by atoms with Crippen LogP contribution in [0.4, 0.5) is 4.39 Å². The molecule has 1 aliphatic rings. The van der Waals surface area contributed by atoms with Crippen LogP contribution in [0.5, 0.6) is 0 Å². The van der Waals surface area contributed by atoms with Gasteiger partial charge in [0, 0.05) is 19.5 Å². The van der Waals surface area contributed by atoms with Crippen LogP contribution in [0.25, 0.3) is 0 Å². The van der Waals surface area contributed by atoms with Crippen LogP contribution in [0.15, 0.2) is 28.8 Å². The van der Waals surface area contributed by atoms with Crippen LogP contribution in [0.2, 0.25) is 0 Å². The van der Waals surface area contributed by atoms with E-state index in [9.17, 15) is 4.39 Å². The van der Waals surface area contributed by atoms with Gasteiger partial charge in [0.15, 0.2) is 5.82 Å². The average molecular weight is 305 g/mol. The van der Waals surface area contributed by atoms with Gasteiger partial charge in [0.05, 0.1) is 19.3 Å². The molecule has 1 aromatic heterocycles. The number of nitrogens with zero attached hydrogens (tertiary/aromatic N) is 3. The van der Waals surface area contributed by atoms with Crippen molar-refractivity contribution in [3.05, 3.63) is 47.4 Å². The van der Waals surface area contributed by atoms with Gasteiger partial charge in [-0.05, 0) is 24.1 Å². The van der Waals surface area contributed by atoms with Gasteiger partial charge in [-0.3, -0.25) is 4.90 Å². The number of halogens is 1. The van der Waals surface area contributed by atoms with Crippen molar-refractivity contribution in [3.63, 3.8) is 0 Å². The first-order valence-corrected chi connectivity index (χ1v) is 7.65. The van der Waals surface area contributed by atoms with Gasteiger partial charge in [-0.25, -0.2) is 4.39 Å². The minimum absolute atomic E-state index is 0.0487. The highest BCUT2D eigenvalue weighted by Crippen LogP contribution is 2.23. The van der Waals surface area contributed by atoms with Crippen molar-refractivity contribution in [3.8, 4) is 0 Å². The Kier molecular flexibility index (Phi) is 4.80. The maximum absolute atomic E-state index is 13.0. The van der Waals surface area contributed by atoms with Gasteiger partial charge in [0.25, 0.3) is 0 Å². The molecule has 1 atom stereocenters. The highest BCUT2D eigenvalue weighted by molar-refractivity contribution is 5.19. The Balaban J connectivity index is 1.61. The average Bonchev–Trinajstić information content (AvgIpc) is 2.96. The Morgan fingerprint density at radius 3 is 2.91 bits per heavy atom. The van der Waals surface area contributed by atoms with Crippen molar-refractivity contribution in [2.24, 2.45) is 0 Å². The highest BCUT2D eigenvalue weighted by atomic mass is 19.1. The molecular weight excluding hydrogens is 285 g/mol. The molecule has 1 fully saturated rings. The Bertz CT molecular complexity index is 600. The fraction of sp³-hybridized carbons (Fsp3) is 0.500. The molecule has 0 N–H and O–H groups in total. The number of aromatic nitrogens is 2. The molecule has 6 heteroatoms. The molecule has 3 rings (SSSR count). The maximum atomic E-state index is 13.0. The molecule has 1 aliphatic heterocycles. The molecule has 0 bridgehead atoms. The minimum Gasteiger partial charge on any atom is -0.371 e. The van der Waals surface area contributed by atoms with Gasteiger partial charge in [-0.15, -0.1) is 0 Å². The second-order valence-corrected chi connectivity index (χ2v) is 5.50. The zero-order valence-electron chi connectivity index (χ0n) is 12.7. The SMILES string of the molecule is CCCc1noc(CN2CCO[C@H](c3ccc(F)cc3)C2)n1. The topological polar surface area (TPSA) is 51.4 Å². The molecule has 2 heterocycles. The molecule has 2 aromatic rings. The molecule has 22 heavy (non-hydrogen) atoms. The van der Waals surface area contributed by atoms with Gasteiger partial charge in [-0.1, -0.05) is 24.2 Å². The molecule has 0 saturated carbocycles. The van der Waals surface area contributed by atoms with Crippen LogP contribution in [0.1, 0.15) is 36.7 Å². The second kappa shape index (κ2) is 6.98. The fourth-order valence-corrected chi connectivity index (χ4v) is 2.60. The summed E-state index contributed by atoms with van der Waals surface area (Å²) >= 11 is 0. The van der Waals surface area contributed by atoms with Crippen molar-refractivity contribution < 1.29 is 13.7 Å². The molecule has 0 amide bonds. The number of hydrogen-bond acceptors (Lipinski definition) is 5. The summed E-state index contributed by atoms with van der Waals surface area (Å²) in [5.41, 5.74) is 0.989. The van der Waals surface area contributed by atoms with Crippen molar-refractivity contribution in [1.82, 2.24) is 15.0 Å². The number of hydrogen-bond donors (Lipinski definition) is 0. The highest BCUT2D eigenvalue weighted by Gasteiger charge is 2.23. The van der Waals surface area contributed by atoms with Crippen LogP contribution in [0.3, 0.4) is 0 Å². The lowest BCUT2D eigenvalue weighted by Gasteiger charge is -2.32. The predicted octanol–water partition coefficient (Wildman–Crippen LogP) is 2.73. The lowest BCUT2D eigenvalue weighted by Crippen LogP contribution is -2.37. The van der Waals surface area contributed by atoms with Crippen molar-refractivity contribution in [2.45, 2.75) is 32.4 Å². The molecule has 5 nitrogen and oxygen atoms in total. The van der Waals surface area contributed by atoms with Gasteiger partial charge in [0.2, 0.25) is 5.89 Å². The third kappa shape index (κ3) is 3.69. The Morgan fingerprint density at radius 1 is 1.32 bits per heavy atom. The predicted molar refractivity (Wildman–Crippen MR) is 78.7 cm³/mol. The van der Waals surface area contributed by atoms with Gasteiger partial charge < -0.3 is 9.26 Å². The van der Waals surface area contributed by atoms with Gasteiger partial charge in [0.1, 0.15) is 5.82 Å². The molecule has 0 spiro atoms. The van der Waals surface area contributed by atoms with E-state index >= 15 is 0 Å². The summed E-state index contributed by atoms with van der Waals surface area (Å²) in [7, 11) is 0. The zero-order chi connectivity index (χ0) is 15.4. The standard InChI is InChI=1S/C16H20FN3O2/c1-2-3-15-18-16(22-19-15)11-20-8-9-21-14(10-20)12-4-6-13(17)7-5-12/h4-7,14H,2-3,8-11H2,1H3/t14-/m0/s1. The third-order valence-corrected chi connectivity index (χ3v) is 3.73.